The Morgan fingerprint density at radius 3 is 2.25 bits per heavy atom. The lowest BCUT2D eigenvalue weighted by atomic mass is 10.1. The zero-order chi connectivity index (χ0) is 17.5. The van der Waals surface area contributed by atoms with Crippen molar-refractivity contribution in [3.63, 3.8) is 0 Å². The summed E-state index contributed by atoms with van der Waals surface area (Å²) in [5.41, 5.74) is 0.551. The van der Waals surface area contributed by atoms with Crippen molar-refractivity contribution >= 4 is 23.4 Å². The number of hydrogen-bond acceptors (Lipinski definition) is 4. The highest BCUT2D eigenvalue weighted by Crippen LogP contribution is 2.28. The zero-order valence-electron chi connectivity index (χ0n) is 14.1. The number of piperazine rings is 1. The molecule has 0 spiro atoms. The van der Waals surface area contributed by atoms with Gasteiger partial charge in [0.15, 0.2) is 11.5 Å². The second kappa shape index (κ2) is 8.78. The Labute approximate surface area is 147 Å². The predicted octanol–water partition coefficient (Wildman–Crippen LogP) is 2.01. The first-order valence-corrected chi connectivity index (χ1v) is 8.49. The first kappa shape index (κ1) is 18.4. The van der Waals surface area contributed by atoms with Crippen LogP contribution in [-0.2, 0) is 4.79 Å². The molecule has 0 unspecified atom stereocenters. The monoisotopic (exact) mass is 354 g/mol. The molecule has 0 radical (unpaired) electrons. The van der Waals surface area contributed by atoms with Gasteiger partial charge in [-0.2, -0.15) is 0 Å². The molecule has 1 aromatic rings. The van der Waals surface area contributed by atoms with Crippen LogP contribution < -0.4 is 9.47 Å². The quantitative estimate of drug-likeness (QED) is 0.733. The molecule has 0 N–H and O–H groups in total. The van der Waals surface area contributed by atoms with Gasteiger partial charge in [-0.05, 0) is 24.6 Å². The highest BCUT2D eigenvalue weighted by atomic mass is 35.5. The number of hydrogen-bond donors (Lipinski definition) is 0. The molecule has 2 rings (SSSR count). The topological polar surface area (TPSA) is 59.1 Å². The van der Waals surface area contributed by atoms with Crippen LogP contribution in [0.3, 0.4) is 0 Å². The van der Waals surface area contributed by atoms with Gasteiger partial charge < -0.3 is 19.3 Å². The van der Waals surface area contributed by atoms with E-state index in [1.54, 1.807) is 35.1 Å². The van der Waals surface area contributed by atoms with E-state index in [9.17, 15) is 9.59 Å². The van der Waals surface area contributed by atoms with Crippen LogP contribution in [-0.4, -0.2) is 67.9 Å². The molecular weight excluding hydrogens is 332 g/mol. The Morgan fingerprint density at radius 2 is 1.67 bits per heavy atom. The summed E-state index contributed by atoms with van der Waals surface area (Å²) in [4.78, 5) is 28.2. The number of ether oxygens (including phenoxy) is 2. The van der Waals surface area contributed by atoms with Gasteiger partial charge in [0.05, 0.1) is 14.2 Å². The van der Waals surface area contributed by atoms with Crippen molar-refractivity contribution in [2.45, 2.75) is 12.8 Å². The molecule has 6 nitrogen and oxygen atoms in total. The zero-order valence-corrected chi connectivity index (χ0v) is 14.8. The van der Waals surface area contributed by atoms with Crippen LogP contribution >= 0.6 is 11.6 Å². The standard InChI is InChI=1S/C17H23ClN2O4/c1-23-14-6-5-13(12-15(14)24-2)17(22)20-10-8-19(9-11-20)16(21)4-3-7-18/h5-6,12H,3-4,7-11H2,1-2H3. The van der Waals surface area contributed by atoms with Crippen molar-refractivity contribution in [1.29, 1.82) is 0 Å². The maximum Gasteiger partial charge on any atom is 0.254 e. The van der Waals surface area contributed by atoms with Gasteiger partial charge in [0.25, 0.3) is 5.91 Å². The average molecular weight is 355 g/mol. The lowest BCUT2D eigenvalue weighted by Gasteiger charge is -2.35. The number of halogens is 1. The van der Waals surface area contributed by atoms with Gasteiger partial charge in [0.1, 0.15) is 0 Å². The minimum atomic E-state index is -0.0659. The maximum absolute atomic E-state index is 12.6. The Kier molecular flexibility index (Phi) is 6.73. The third kappa shape index (κ3) is 4.32. The molecule has 0 aromatic heterocycles. The van der Waals surface area contributed by atoms with E-state index in [0.717, 1.165) is 0 Å². The molecule has 0 aliphatic carbocycles. The molecule has 0 atom stereocenters. The van der Waals surface area contributed by atoms with Gasteiger partial charge >= 0.3 is 0 Å². The molecule has 2 amide bonds. The maximum atomic E-state index is 12.6. The summed E-state index contributed by atoms with van der Waals surface area (Å²) in [5, 5.41) is 0. The minimum absolute atomic E-state index is 0.0659. The molecule has 1 aliphatic rings. The molecule has 7 heteroatoms. The SMILES string of the molecule is COc1ccc(C(=O)N2CCN(C(=O)CCCCl)CC2)cc1OC. The lowest BCUT2D eigenvalue weighted by molar-refractivity contribution is -0.132. The summed E-state index contributed by atoms with van der Waals surface area (Å²) in [7, 11) is 3.09. The van der Waals surface area contributed by atoms with Crippen LogP contribution in [0.1, 0.15) is 23.2 Å². The second-order valence-corrected chi connectivity index (χ2v) is 5.91. The molecular formula is C17H23ClN2O4. The van der Waals surface area contributed by atoms with E-state index in [0.29, 0.717) is 62.0 Å². The molecule has 24 heavy (non-hydrogen) atoms. The number of nitrogens with zero attached hydrogens (tertiary/aromatic N) is 2. The summed E-state index contributed by atoms with van der Waals surface area (Å²) >= 11 is 5.62. The van der Waals surface area contributed by atoms with Gasteiger partial charge in [-0.25, -0.2) is 0 Å². The van der Waals surface area contributed by atoms with E-state index in [1.165, 1.54) is 7.11 Å². The number of rotatable bonds is 6. The van der Waals surface area contributed by atoms with Crippen LogP contribution in [0.4, 0.5) is 0 Å². The second-order valence-electron chi connectivity index (χ2n) is 5.54. The van der Waals surface area contributed by atoms with Gasteiger partial charge in [-0.3, -0.25) is 9.59 Å². The molecule has 1 aliphatic heterocycles. The summed E-state index contributed by atoms with van der Waals surface area (Å²) in [6, 6.07) is 5.12. The normalized spacial score (nSPS) is 14.5. The van der Waals surface area contributed by atoms with Crippen LogP contribution in [0.5, 0.6) is 11.5 Å². The molecule has 1 fully saturated rings. The van der Waals surface area contributed by atoms with E-state index in [-0.39, 0.29) is 11.8 Å². The number of amides is 2. The van der Waals surface area contributed by atoms with Crippen LogP contribution in [0, 0.1) is 0 Å². The number of alkyl halides is 1. The van der Waals surface area contributed by atoms with Crippen LogP contribution in [0.2, 0.25) is 0 Å². The summed E-state index contributed by atoms with van der Waals surface area (Å²) < 4.78 is 10.4. The average Bonchev–Trinajstić information content (AvgIpc) is 2.64. The molecule has 1 saturated heterocycles. The van der Waals surface area contributed by atoms with E-state index in [4.69, 9.17) is 21.1 Å². The number of methoxy groups -OCH3 is 2. The van der Waals surface area contributed by atoms with Crippen molar-refractivity contribution in [3.8, 4) is 11.5 Å². The van der Waals surface area contributed by atoms with Gasteiger partial charge in [0.2, 0.25) is 5.91 Å². The Balaban J connectivity index is 1.96. The Hall–Kier alpha value is -1.95. The smallest absolute Gasteiger partial charge is 0.254 e. The lowest BCUT2D eigenvalue weighted by Crippen LogP contribution is -2.50. The van der Waals surface area contributed by atoms with Gasteiger partial charge in [-0.1, -0.05) is 0 Å². The van der Waals surface area contributed by atoms with Crippen molar-refractivity contribution < 1.29 is 19.1 Å². The van der Waals surface area contributed by atoms with E-state index in [2.05, 4.69) is 0 Å². The minimum Gasteiger partial charge on any atom is -0.493 e. The van der Waals surface area contributed by atoms with Crippen molar-refractivity contribution in [2.75, 3.05) is 46.3 Å². The van der Waals surface area contributed by atoms with Crippen molar-refractivity contribution in [3.05, 3.63) is 23.8 Å². The Bertz CT molecular complexity index is 586. The van der Waals surface area contributed by atoms with E-state index in [1.807, 2.05) is 0 Å². The van der Waals surface area contributed by atoms with E-state index < -0.39 is 0 Å². The van der Waals surface area contributed by atoms with Crippen LogP contribution in [0.25, 0.3) is 0 Å². The third-order valence-electron chi connectivity index (χ3n) is 4.07. The molecule has 1 aromatic carbocycles. The van der Waals surface area contributed by atoms with Gasteiger partial charge in [-0.15, -0.1) is 11.6 Å². The third-order valence-corrected chi connectivity index (χ3v) is 4.34. The molecule has 0 saturated carbocycles. The number of carbonyl (C=O) groups excluding carboxylic acids is 2. The Morgan fingerprint density at radius 1 is 1.04 bits per heavy atom. The van der Waals surface area contributed by atoms with Crippen molar-refractivity contribution in [2.24, 2.45) is 0 Å². The summed E-state index contributed by atoms with van der Waals surface area (Å²) in [6.07, 6.45) is 1.15. The van der Waals surface area contributed by atoms with Crippen molar-refractivity contribution in [1.82, 2.24) is 9.80 Å². The van der Waals surface area contributed by atoms with Gasteiger partial charge in [0, 0.05) is 44.0 Å². The van der Waals surface area contributed by atoms with Crippen LogP contribution in [0.15, 0.2) is 18.2 Å². The highest BCUT2D eigenvalue weighted by Gasteiger charge is 2.25. The predicted molar refractivity (Wildman–Crippen MR) is 92.0 cm³/mol. The highest BCUT2D eigenvalue weighted by molar-refractivity contribution is 6.17. The largest absolute Gasteiger partial charge is 0.493 e. The molecule has 132 valence electrons. The fraction of sp³-hybridized carbons (Fsp3) is 0.529. The number of benzene rings is 1. The van der Waals surface area contributed by atoms with E-state index >= 15 is 0 Å². The number of carbonyl (C=O) groups is 2. The molecule has 1 heterocycles. The first-order valence-electron chi connectivity index (χ1n) is 7.95. The fourth-order valence-corrected chi connectivity index (χ4v) is 2.82. The fourth-order valence-electron chi connectivity index (χ4n) is 2.69. The summed E-state index contributed by atoms with van der Waals surface area (Å²) in [5.74, 6) is 1.64. The molecule has 0 bridgehead atoms. The first-order chi connectivity index (χ1) is 11.6. The summed E-state index contributed by atoms with van der Waals surface area (Å²) in [6.45, 7) is 2.17.